The molecule has 0 aromatic heterocycles. The molecule has 98 valence electrons. The van der Waals surface area contributed by atoms with Crippen LogP contribution >= 0.6 is 0 Å². The summed E-state index contributed by atoms with van der Waals surface area (Å²) in [6.45, 7) is 1.36. The maximum Gasteiger partial charge on any atom is 0.224 e. The van der Waals surface area contributed by atoms with Crippen LogP contribution < -0.4 is 15.8 Å². The standard InChI is InChI=1S/C14H20N2O2/c1-18-12-4-2-3-11(7-12)8-13(17)16-10-14(9-15)5-6-14/h2-4,7H,5-6,8-10,15H2,1H3,(H,16,17). The minimum absolute atomic E-state index is 0.0444. The lowest BCUT2D eigenvalue weighted by atomic mass is 10.1. The van der Waals surface area contributed by atoms with Gasteiger partial charge in [-0.15, -0.1) is 0 Å². The first-order valence-corrected chi connectivity index (χ1v) is 6.27. The molecule has 0 unspecified atom stereocenters. The molecule has 3 N–H and O–H groups in total. The van der Waals surface area contributed by atoms with E-state index in [9.17, 15) is 4.79 Å². The highest BCUT2D eigenvalue weighted by Gasteiger charge is 2.41. The summed E-state index contributed by atoms with van der Waals surface area (Å²) in [5, 5.41) is 2.96. The van der Waals surface area contributed by atoms with Gasteiger partial charge in [-0.3, -0.25) is 4.79 Å². The van der Waals surface area contributed by atoms with E-state index in [-0.39, 0.29) is 11.3 Å². The highest BCUT2D eigenvalue weighted by Crippen LogP contribution is 2.43. The molecule has 0 saturated heterocycles. The van der Waals surface area contributed by atoms with Crippen LogP contribution in [0.1, 0.15) is 18.4 Å². The lowest BCUT2D eigenvalue weighted by Gasteiger charge is -2.13. The maximum atomic E-state index is 11.8. The molecule has 1 saturated carbocycles. The zero-order valence-corrected chi connectivity index (χ0v) is 10.7. The van der Waals surface area contributed by atoms with Crippen molar-refractivity contribution in [3.05, 3.63) is 29.8 Å². The van der Waals surface area contributed by atoms with Crippen LogP contribution in [0.2, 0.25) is 0 Å². The molecule has 0 heterocycles. The third kappa shape index (κ3) is 3.23. The Labute approximate surface area is 108 Å². The van der Waals surface area contributed by atoms with Crippen LogP contribution in [0, 0.1) is 5.41 Å². The fraction of sp³-hybridized carbons (Fsp3) is 0.500. The molecule has 18 heavy (non-hydrogen) atoms. The molecule has 0 radical (unpaired) electrons. The highest BCUT2D eigenvalue weighted by atomic mass is 16.5. The van der Waals surface area contributed by atoms with Crippen LogP contribution in [0.5, 0.6) is 5.75 Å². The fourth-order valence-corrected chi connectivity index (χ4v) is 1.95. The zero-order chi connectivity index (χ0) is 13.0. The van der Waals surface area contributed by atoms with Crippen molar-refractivity contribution in [2.24, 2.45) is 11.1 Å². The Morgan fingerprint density at radius 3 is 2.89 bits per heavy atom. The highest BCUT2D eigenvalue weighted by molar-refractivity contribution is 5.78. The van der Waals surface area contributed by atoms with Gasteiger partial charge in [-0.25, -0.2) is 0 Å². The van der Waals surface area contributed by atoms with Gasteiger partial charge >= 0.3 is 0 Å². The molecule has 1 amide bonds. The number of hydrogen-bond acceptors (Lipinski definition) is 3. The molecule has 1 aliphatic rings. The smallest absolute Gasteiger partial charge is 0.224 e. The summed E-state index contributed by atoms with van der Waals surface area (Å²) in [6.07, 6.45) is 2.64. The van der Waals surface area contributed by atoms with Gasteiger partial charge in [0.25, 0.3) is 0 Å². The Bertz CT molecular complexity index is 428. The minimum atomic E-state index is 0.0444. The van der Waals surface area contributed by atoms with Gasteiger partial charge in [0.05, 0.1) is 13.5 Å². The Morgan fingerprint density at radius 1 is 1.50 bits per heavy atom. The van der Waals surface area contributed by atoms with Crippen LogP contribution in [0.25, 0.3) is 0 Å². The number of benzene rings is 1. The molecule has 0 bridgehead atoms. The predicted molar refractivity (Wildman–Crippen MR) is 70.4 cm³/mol. The molecule has 2 rings (SSSR count). The van der Waals surface area contributed by atoms with Gasteiger partial charge in [0, 0.05) is 6.54 Å². The number of nitrogens with two attached hydrogens (primary N) is 1. The molecule has 4 heteroatoms. The molecule has 0 atom stereocenters. The summed E-state index contributed by atoms with van der Waals surface area (Å²) in [5.74, 6) is 0.823. The van der Waals surface area contributed by atoms with Gasteiger partial charge in [0.15, 0.2) is 0 Å². The summed E-state index contributed by atoms with van der Waals surface area (Å²) >= 11 is 0. The zero-order valence-electron chi connectivity index (χ0n) is 10.7. The number of nitrogens with one attached hydrogen (secondary N) is 1. The van der Waals surface area contributed by atoms with E-state index in [2.05, 4.69) is 5.32 Å². The molecule has 0 spiro atoms. The summed E-state index contributed by atoms with van der Waals surface area (Å²) < 4.78 is 5.13. The molecular formula is C14H20N2O2. The predicted octanol–water partition coefficient (Wildman–Crippen LogP) is 1.09. The van der Waals surface area contributed by atoms with Crippen LogP contribution in [-0.2, 0) is 11.2 Å². The number of amides is 1. The van der Waals surface area contributed by atoms with E-state index in [1.807, 2.05) is 24.3 Å². The van der Waals surface area contributed by atoms with Crippen molar-refractivity contribution in [1.29, 1.82) is 0 Å². The third-order valence-electron chi connectivity index (χ3n) is 3.55. The van der Waals surface area contributed by atoms with Gasteiger partial charge in [-0.05, 0) is 42.5 Å². The third-order valence-corrected chi connectivity index (χ3v) is 3.55. The van der Waals surface area contributed by atoms with Crippen LogP contribution in [0.15, 0.2) is 24.3 Å². The molecule has 0 aliphatic heterocycles. The average Bonchev–Trinajstić information content (AvgIpc) is 3.17. The van der Waals surface area contributed by atoms with Gasteiger partial charge in [0.1, 0.15) is 5.75 Å². The van der Waals surface area contributed by atoms with E-state index in [4.69, 9.17) is 10.5 Å². The minimum Gasteiger partial charge on any atom is -0.497 e. The SMILES string of the molecule is COc1cccc(CC(=O)NCC2(CN)CC2)c1. The second-order valence-corrected chi connectivity index (χ2v) is 5.01. The first-order valence-electron chi connectivity index (χ1n) is 6.27. The molecule has 1 fully saturated rings. The Morgan fingerprint density at radius 2 is 2.28 bits per heavy atom. The van der Waals surface area contributed by atoms with Crippen molar-refractivity contribution in [3.8, 4) is 5.75 Å². The van der Waals surface area contributed by atoms with E-state index in [0.717, 1.165) is 24.2 Å². The Hall–Kier alpha value is -1.55. The Balaban J connectivity index is 1.83. The summed E-state index contributed by atoms with van der Waals surface area (Å²) in [4.78, 5) is 11.8. The van der Waals surface area contributed by atoms with Crippen molar-refractivity contribution in [2.45, 2.75) is 19.3 Å². The largest absolute Gasteiger partial charge is 0.497 e. The van der Waals surface area contributed by atoms with Crippen molar-refractivity contribution in [3.63, 3.8) is 0 Å². The van der Waals surface area contributed by atoms with Gasteiger partial charge < -0.3 is 15.8 Å². The monoisotopic (exact) mass is 248 g/mol. The second kappa shape index (κ2) is 5.40. The summed E-state index contributed by atoms with van der Waals surface area (Å²) in [5.41, 5.74) is 6.82. The van der Waals surface area contributed by atoms with Gasteiger partial charge in [-0.1, -0.05) is 12.1 Å². The average molecular weight is 248 g/mol. The molecular weight excluding hydrogens is 228 g/mol. The Kier molecular flexibility index (Phi) is 3.87. The summed E-state index contributed by atoms with van der Waals surface area (Å²) in [6, 6.07) is 7.58. The van der Waals surface area contributed by atoms with Crippen LogP contribution in [0.4, 0.5) is 0 Å². The first kappa shape index (κ1) is 12.9. The van der Waals surface area contributed by atoms with Gasteiger partial charge in [0.2, 0.25) is 5.91 Å². The van der Waals surface area contributed by atoms with E-state index >= 15 is 0 Å². The molecule has 1 aromatic rings. The molecule has 1 aromatic carbocycles. The molecule has 1 aliphatic carbocycles. The lowest BCUT2D eigenvalue weighted by Crippen LogP contribution is -2.34. The van der Waals surface area contributed by atoms with Crippen LogP contribution in [0.3, 0.4) is 0 Å². The second-order valence-electron chi connectivity index (χ2n) is 5.01. The number of rotatable bonds is 6. The number of hydrogen-bond donors (Lipinski definition) is 2. The van der Waals surface area contributed by atoms with E-state index in [1.165, 1.54) is 0 Å². The number of methoxy groups -OCH3 is 1. The topological polar surface area (TPSA) is 64.3 Å². The van der Waals surface area contributed by atoms with Crippen molar-refractivity contribution < 1.29 is 9.53 Å². The summed E-state index contributed by atoms with van der Waals surface area (Å²) in [7, 11) is 1.62. The van der Waals surface area contributed by atoms with E-state index in [0.29, 0.717) is 19.5 Å². The first-order chi connectivity index (χ1) is 8.67. The number of carbonyl (C=O) groups is 1. The van der Waals surface area contributed by atoms with Crippen LogP contribution in [-0.4, -0.2) is 26.1 Å². The lowest BCUT2D eigenvalue weighted by molar-refractivity contribution is -0.120. The number of ether oxygens (including phenoxy) is 1. The maximum absolute atomic E-state index is 11.8. The fourth-order valence-electron chi connectivity index (χ4n) is 1.95. The van der Waals surface area contributed by atoms with Gasteiger partial charge in [-0.2, -0.15) is 0 Å². The van der Waals surface area contributed by atoms with Crippen molar-refractivity contribution >= 4 is 5.91 Å². The van der Waals surface area contributed by atoms with Crippen molar-refractivity contribution in [1.82, 2.24) is 5.32 Å². The van der Waals surface area contributed by atoms with E-state index < -0.39 is 0 Å². The number of carbonyl (C=O) groups excluding carboxylic acids is 1. The normalized spacial score (nSPS) is 16.1. The quantitative estimate of drug-likeness (QED) is 0.792. The van der Waals surface area contributed by atoms with E-state index in [1.54, 1.807) is 7.11 Å². The molecule has 4 nitrogen and oxygen atoms in total. The van der Waals surface area contributed by atoms with Crippen molar-refractivity contribution in [2.75, 3.05) is 20.2 Å².